The van der Waals surface area contributed by atoms with E-state index in [2.05, 4.69) is 6.07 Å². The Bertz CT molecular complexity index is 726. The number of benzene rings is 1. The first-order valence-electron chi connectivity index (χ1n) is 8.75. The van der Waals surface area contributed by atoms with Crippen LogP contribution in [0.3, 0.4) is 0 Å². The van der Waals surface area contributed by atoms with Gasteiger partial charge in [-0.05, 0) is 42.8 Å². The fraction of sp³-hybridized carbons (Fsp3) is 0.400. The molecule has 1 aliphatic heterocycles. The van der Waals surface area contributed by atoms with Gasteiger partial charge in [-0.15, -0.1) is 11.3 Å². The summed E-state index contributed by atoms with van der Waals surface area (Å²) in [5.41, 5.74) is 1.77. The van der Waals surface area contributed by atoms with Crippen molar-refractivity contribution in [3.63, 3.8) is 0 Å². The molecule has 0 spiro atoms. The lowest BCUT2D eigenvalue weighted by Gasteiger charge is -2.32. The Kier molecular flexibility index (Phi) is 5.87. The molecule has 4 nitrogen and oxygen atoms in total. The average molecular weight is 357 g/mol. The van der Waals surface area contributed by atoms with Gasteiger partial charge in [0.05, 0.1) is 12.5 Å². The molecule has 2 aromatic rings. The lowest BCUT2D eigenvalue weighted by Crippen LogP contribution is -2.43. The SMILES string of the molecule is CCOC(=O)C1CCCN(C(=O)c2ccccc2Cc2cccs2)C1. The minimum atomic E-state index is -0.206. The van der Waals surface area contributed by atoms with Crippen LogP contribution in [0.25, 0.3) is 0 Å². The number of hydrogen-bond donors (Lipinski definition) is 0. The van der Waals surface area contributed by atoms with Gasteiger partial charge in [0.1, 0.15) is 0 Å². The molecule has 0 N–H and O–H groups in total. The van der Waals surface area contributed by atoms with Gasteiger partial charge in [0.15, 0.2) is 0 Å². The van der Waals surface area contributed by atoms with Crippen molar-refractivity contribution in [3.8, 4) is 0 Å². The molecule has 3 rings (SSSR count). The van der Waals surface area contributed by atoms with Gasteiger partial charge in [0.25, 0.3) is 5.91 Å². The summed E-state index contributed by atoms with van der Waals surface area (Å²) in [6.07, 6.45) is 2.39. The zero-order chi connectivity index (χ0) is 17.6. The van der Waals surface area contributed by atoms with Gasteiger partial charge in [-0.3, -0.25) is 9.59 Å². The minimum absolute atomic E-state index is 0.0150. The first kappa shape index (κ1) is 17.7. The first-order chi connectivity index (χ1) is 12.2. The number of likely N-dealkylation sites (tertiary alicyclic amines) is 1. The second kappa shape index (κ2) is 8.30. The standard InChI is InChI=1S/C20H23NO3S/c1-2-24-20(23)16-8-5-11-21(14-16)19(22)18-10-4-3-7-15(18)13-17-9-6-12-25-17/h3-4,6-7,9-10,12,16H,2,5,8,11,13-14H2,1H3. The van der Waals surface area contributed by atoms with Crippen LogP contribution in [-0.4, -0.2) is 36.5 Å². The van der Waals surface area contributed by atoms with E-state index in [9.17, 15) is 9.59 Å². The van der Waals surface area contributed by atoms with E-state index >= 15 is 0 Å². The molecule has 1 aromatic carbocycles. The van der Waals surface area contributed by atoms with Crippen molar-refractivity contribution in [2.45, 2.75) is 26.2 Å². The largest absolute Gasteiger partial charge is 0.466 e. The molecule has 0 bridgehead atoms. The monoisotopic (exact) mass is 357 g/mol. The van der Waals surface area contributed by atoms with Gasteiger partial charge in [0, 0.05) is 30.0 Å². The second-order valence-corrected chi connectivity index (χ2v) is 7.29. The number of carbonyl (C=O) groups is 2. The van der Waals surface area contributed by atoms with Crippen LogP contribution in [0.1, 0.15) is 40.6 Å². The third kappa shape index (κ3) is 4.28. The van der Waals surface area contributed by atoms with Crippen molar-refractivity contribution in [1.82, 2.24) is 4.90 Å². The van der Waals surface area contributed by atoms with Gasteiger partial charge in [-0.25, -0.2) is 0 Å². The summed E-state index contributed by atoms with van der Waals surface area (Å²) in [5, 5.41) is 2.05. The van der Waals surface area contributed by atoms with E-state index in [0.717, 1.165) is 30.4 Å². The molecule has 1 unspecified atom stereocenters. The zero-order valence-corrected chi connectivity index (χ0v) is 15.3. The number of amides is 1. The summed E-state index contributed by atoms with van der Waals surface area (Å²) < 4.78 is 5.13. The topological polar surface area (TPSA) is 46.6 Å². The van der Waals surface area contributed by atoms with Crippen molar-refractivity contribution < 1.29 is 14.3 Å². The number of carbonyl (C=O) groups excluding carboxylic acids is 2. The third-order valence-corrected chi connectivity index (χ3v) is 5.40. The van der Waals surface area contributed by atoms with Crippen molar-refractivity contribution in [2.75, 3.05) is 19.7 Å². The summed E-state index contributed by atoms with van der Waals surface area (Å²) in [5.74, 6) is -0.380. The van der Waals surface area contributed by atoms with Crippen LogP contribution in [0.4, 0.5) is 0 Å². The number of piperidine rings is 1. The predicted molar refractivity (Wildman–Crippen MR) is 98.8 cm³/mol. The van der Waals surface area contributed by atoms with Crippen LogP contribution in [0.15, 0.2) is 41.8 Å². The predicted octanol–water partition coefficient (Wildman–Crippen LogP) is 3.75. The van der Waals surface area contributed by atoms with Crippen LogP contribution in [-0.2, 0) is 16.0 Å². The van der Waals surface area contributed by atoms with Gasteiger partial charge >= 0.3 is 5.97 Å². The Morgan fingerprint density at radius 3 is 2.84 bits per heavy atom. The number of nitrogens with zero attached hydrogens (tertiary/aromatic N) is 1. The lowest BCUT2D eigenvalue weighted by atomic mass is 9.96. The molecular formula is C20H23NO3S. The van der Waals surface area contributed by atoms with Crippen LogP contribution in [0.5, 0.6) is 0 Å². The Morgan fingerprint density at radius 2 is 2.08 bits per heavy atom. The van der Waals surface area contributed by atoms with Gasteiger partial charge in [0.2, 0.25) is 0 Å². The highest BCUT2D eigenvalue weighted by atomic mass is 32.1. The molecule has 5 heteroatoms. The highest BCUT2D eigenvalue weighted by Gasteiger charge is 2.30. The van der Waals surface area contributed by atoms with E-state index in [-0.39, 0.29) is 17.8 Å². The number of thiophene rings is 1. The van der Waals surface area contributed by atoms with Crippen LogP contribution < -0.4 is 0 Å². The summed E-state index contributed by atoms with van der Waals surface area (Å²) in [6, 6.07) is 11.9. The molecule has 0 saturated carbocycles. The van der Waals surface area contributed by atoms with Crippen LogP contribution >= 0.6 is 11.3 Å². The van der Waals surface area contributed by atoms with Crippen molar-refractivity contribution >= 4 is 23.2 Å². The molecule has 132 valence electrons. The van der Waals surface area contributed by atoms with E-state index in [4.69, 9.17) is 4.74 Å². The summed E-state index contributed by atoms with van der Waals surface area (Å²) in [4.78, 5) is 28.1. The van der Waals surface area contributed by atoms with E-state index < -0.39 is 0 Å². The first-order valence-corrected chi connectivity index (χ1v) is 9.63. The second-order valence-electron chi connectivity index (χ2n) is 6.26. The molecule has 25 heavy (non-hydrogen) atoms. The number of esters is 1. The molecular weight excluding hydrogens is 334 g/mol. The molecule has 2 heterocycles. The molecule has 1 saturated heterocycles. The quantitative estimate of drug-likeness (QED) is 0.766. The maximum absolute atomic E-state index is 13.1. The highest BCUT2D eigenvalue weighted by molar-refractivity contribution is 7.09. The minimum Gasteiger partial charge on any atom is -0.466 e. The Hall–Kier alpha value is -2.14. The molecule has 1 aromatic heterocycles. The molecule has 1 atom stereocenters. The van der Waals surface area contributed by atoms with Crippen LogP contribution in [0, 0.1) is 5.92 Å². The highest BCUT2D eigenvalue weighted by Crippen LogP contribution is 2.23. The van der Waals surface area contributed by atoms with Crippen molar-refractivity contribution in [2.24, 2.45) is 5.92 Å². The third-order valence-electron chi connectivity index (χ3n) is 4.52. The molecule has 1 amide bonds. The van der Waals surface area contributed by atoms with Crippen LogP contribution in [0.2, 0.25) is 0 Å². The number of ether oxygens (including phenoxy) is 1. The molecule has 0 radical (unpaired) electrons. The summed E-state index contributed by atoms with van der Waals surface area (Å²) >= 11 is 1.70. The molecule has 1 aliphatic rings. The van der Waals surface area contributed by atoms with Gasteiger partial charge in [-0.2, -0.15) is 0 Å². The fourth-order valence-corrected chi connectivity index (χ4v) is 4.00. The Morgan fingerprint density at radius 1 is 1.24 bits per heavy atom. The van der Waals surface area contributed by atoms with E-state index in [1.165, 1.54) is 4.88 Å². The fourth-order valence-electron chi connectivity index (χ4n) is 3.27. The van der Waals surface area contributed by atoms with Gasteiger partial charge in [-0.1, -0.05) is 24.3 Å². The smallest absolute Gasteiger partial charge is 0.310 e. The molecule has 1 fully saturated rings. The number of rotatable bonds is 5. The van der Waals surface area contributed by atoms with E-state index in [1.807, 2.05) is 42.6 Å². The summed E-state index contributed by atoms with van der Waals surface area (Å²) in [7, 11) is 0. The Balaban J connectivity index is 1.75. The Labute approximate surface area is 152 Å². The van der Waals surface area contributed by atoms with E-state index in [0.29, 0.717) is 19.7 Å². The summed E-state index contributed by atoms with van der Waals surface area (Å²) in [6.45, 7) is 3.34. The molecule has 0 aliphatic carbocycles. The maximum Gasteiger partial charge on any atom is 0.310 e. The van der Waals surface area contributed by atoms with E-state index in [1.54, 1.807) is 16.2 Å². The average Bonchev–Trinajstić information content (AvgIpc) is 3.15. The maximum atomic E-state index is 13.1. The van der Waals surface area contributed by atoms with Gasteiger partial charge < -0.3 is 9.64 Å². The zero-order valence-electron chi connectivity index (χ0n) is 14.4. The normalized spacial score (nSPS) is 17.3. The lowest BCUT2D eigenvalue weighted by molar-refractivity contribution is -0.149. The number of hydrogen-bond acceptors (Lipinski definition) is 4. The van der Waals surface area contributed by atoms with Crippen molar-refractivity contribution in [1.29, 1.82) is 0 Å². The van der Waals surface area contributed by atoms with Crippen molar-refractivity contribution in [3.05, 3.63) is 57.8 Å².